The molecular weight excluding hydrogens is 232 g/mol. The van der Waals surface area contributed by atoms with Gasteiger partial charge in [-0.05, 0) is 57.5 Å². The lowest BCUT2D eigenvalue weighted by atomic mass is 9.85. The highest BCUT2D eigenvalue weighted by Gasteiger charge is 2.26. The quantitative estimate of drug-likeness (QED) is 0.707. The standard InChI is InChI=1S/C17H34N2/c1-3-12-18-17-11-6-4-5-10-16(17)14-19(2)13-15-8-7-9-15/h15-18H,3-14H2,1-2H3. The Labute approximate surface area is 120 Å². The lowest BCUT2D eigenvalue weighted by Crippen LogP contribution is -2.42. The molecule has 2 aliphatic rings. The van der Waals surface area contributed by atoms with E-state index in [1.54, 1.807) is 0 Å². The minimum Gasteiger partial charge on any atom is -0.314 e. The molecule has 112 valence electrons. The van der Waals surface area contributed by atoms with Crippen LogP contribution in [0.1, 0.15) is 64.7 Å². The van der Waals surface area contributed by atoms with Crippen LogP contribution in [0.25, 0.3) is 0 Å². The van der Waals surface area contributed by atoms with E-state index in [0.29, 0.717) is 0 Å². The molecule has 2 fully saturated rings. The van der Waals surface area contributed by atoms with Crippen LogP contribution in [-0.4, -0.2) is 37.6 Å². The molecule has 2 heteroatoms. The van der Waals surface area contributed by atoms with Gasteiger partial charge in [0.2, 0.25) is 0 Å². The summed E-state index contributed by atoms with van der Waals surface area (Å²) in [5.74, 6) is 1.90. The van der Waals surface area contributed by atoms with Crippen molar-refractivity contribution in [1.29, 1.82) is 0 Å². The molecule has 1 N–H and O–H groups in total. The van der Waals surface area contributed by atoms with Crippen molar-refractivity contribution in [3.05, 3.63) is 0 Å². The normalized spacial score (nSPS) is 29.2. The molecule has 2 nitrogen and oxygen atoms in total. The average molecular weight is 266 g/mol. The zero-order valence-electron chi connectivity index (χ0n) is 13.2. The van der Waals surface area contributed by atoms with E-state index in [0.717, 1.165) is 17.9 Å². The summed E-state index contributed by atoms with van der Waals surface area (Å²) in [5, 5.41) is 3.82. The van der Waals surface area contributed by atoms with E-state index >= 15 is 0 Å². The third-order valence-corrected chi connectivity index (χ3v) is 5.16. The van der Waals surface area contributed by atoms with Crippen LogP contribution in [0.4, 0.5) is 0 Å². The Morgan fingerprint density at radius 3 is 2.42 bits per heavy atom. The molecule has 0 radical (unpaired) electrons. The maximum absolute atomic E-state index is 3.82. The molecule has 0 heterocycles. The molecule has 2 rings (SSSR count). The summed E-state index contributed by atoms with van der Waals surface area (Å²) >= 11 is 0. The minimum absolute atomic E-state index is 0.784. The maximum atomic E-state index is 3.82. The van der Waals surface area contributed by atoms with Crippen molar-refractivity contribution in [3.63, 3.8) is 0 Å². The molecule has 0 saturated heterocycles. The molecular formula is C17H34N2. The first-order chi connectivity index (χ1) is 9.29. The second-order valence-electron chi connectivity index (χ2n) is 6.98. The smallest absolute Gasteiger partial charge is 0.0107 e. The third-order valence-electron chi connectivity index (χ3n) is 5.16. The second-order valence-corrected chi connectivity index (χ2v) is 6.98. The molecule has 0 bridgehead atoms. The fraction of sp³-hybridized carbons (Fsp3) is 1.00. The largest absolute Gasteiger partial charge is 0.314 e. The van der Waals surface area contributed by atoms with Crippen molar-refractivity contribution in [3.8, 4) is 0 Å². The van der Waals surface area contributed by atoms with Crippen molar-refractivity contribution in [2.75, 3.05) is 26.7 Å². The van der Waals surface area contributed by atoms with Gasteiger partial charge in [-0.2, -0.15) is 0 Å². The Bertz CT molecular complexity index is 237. The lowest BCUT2D eigenvalue weighted by Gasteiger charge is -2.34. The van der Waals surface area contributed by atoms with Gasteiger partial charge in [0.1, 0.15) is 0 Å². The number of hydrogen-bond acceptors (Lipinski definition) is 2. The first-order valence-corrected chi connectivity index (χ1v) is 8.71. The zero-order chi connectivity index (χ0) is 13.5. The van der Waals surface area contributed by atoms with Crippen LogP contribution in [0.2, 0.25) is 0 Å². The Morgan fingerprint density at radius 1 is 0.947 bits per heavy atom. The molecule has 0 aromatic rings. The highest BCUT2D eigenvalue weighted by molar-refractivity contribution is 4.82. The maximum Gasteiger partial charge on any atom is 0.0107 e. The topological polar surface area (TPSA) is 15.3 Å². The van der Waals surface area contributed by atoms with E-state index in [4.69, 9.17) is 0 Å². The van der Waals surface area contributed by atoms with E-state index in [1.165, 1.54) is 77.4 Å². The number of rotatable bonds is 7. The Morgan fingerprint density at radius 2 is 1.74 bits per heavy atom. The van der Waals surface area contributed by atoms with Gasteiger partial charge in [-0.3, -0.25) is 0 Å². The second kappa shape index (κ2) is 8.26. The van der Waals surface area contributed by atoms with Gasteiger partial charge in [0.25, 0.3) is 0 Å². The van der Waals surface area contributed by atoms with Crippen LogP contribution in [0, 0.1) is 11.8 Å². The molecule has 2 atom stereocenters. The number of nitrogens with one attached hydrogen (secondary N) is 1. The van der Waals surface area contributed by atoms with Crippen LogP contribution >= 0.6 is 0 Å². The predicted octanol–water partition coefficient (Wildman–Crippen LogP) is 3.67. The van der Waals surface area contributed by atoms with Crippen molar-refractivity contribution in [2.24, 2.45) is 11.8 Å². The molecule has 0 spiro atoms. The van der Waals surface area contributed by atoms with Gasteiger partial charge in [-0.25, -0.2) is 0 Å². The summed E-state index contributed by atoms with van der Waals surface area (Å²) in [6.07, 6.45) is 12.9. The van der Waals surface area contributed by atoms with Crippen LogP contribution < -0.4 is 5.32 Å². The van der Waals surface area contributed by atoms with E-state index in [9.17, 15) is 0 Å². The molecule has 2 aliphatic carbocycles. The zero-order valence-corrected chi connectivity index (χ0v) is 13.2. The molecule has 19 heavy (non-hydrogen) atoms. The highest BCUT2D eigenvalue weighted by atomic mass is 15.1. The molecule has 0 aliphatic heterocycles. The summed E-state index contributed by atoms with van der Waals surface area (Å²) in [6.45, 7) is 6.14. The van der Waals surface area contributed by atoms with Crippen molar-refractivity contribution in [1.82, 2.24) is 10.2 Å². The number of hydrogen-bond donors (Lipinski definition) is 1. The van der Waals surface area contributed by atoms with Crippen LogP contribution in [0.3, 0.4) is 0 Å². The summed E-state index contributed by atoms with van der Waals surface area (Å²) in [5.41, 5.74) is 0. The van der Waals surface area contributed by atoms with Crippen LogP contribution in [0.5, 0.6) is 0 Å². The van der Waals surface area contributed by atoms with Crippen LogP contribution in [0.15, 0.2) is 0 Å². The van der Waals surface area contributed by atoms with Crippen molar-refractivity contribution in [2.45, 2.75) is 70.8 Å². The Balaban J connectivity index is 1.78. The molecule has 0 aromatic heterocycles. The molecule has 0 amide bonds. The SMILES string of the molecule is CCCNC1CCCCCC1CN(C)CC1CCC1. The number of nitrogens with zero attached hydrogens (tertiary/aromatic N) is 1. The molecule has 2 unspecified atom stereocenters. The van der Waals surface area contributed by atoms with Crippen molar-refractivity contribution < 1.29 is 0 Å². The van der Waals surface area contributed by atoms with Crippen LogP contribution in [-0.2, 0) is 0 Å². The van der Waals surface area contributed by atoms with Gasteiger partial charge in [0.15, 0.2) is 0 Å². The summed E-state index contributed by atoms with van der Waals surface area (Å²) in [6, 6.07) is 0.784. The average Bonchev–Trinajstić information content (AvgIpc) is 2.57. The predicted molar refractivity (Wildman–Crippen MR) is 83.5 cm³/mol. The fourth-order valence-corrected chi connectivity index (χ4v) is 3.79. The highest BCUT2D eigenvalue weighted by Crippen LogP contribution is 2.28. The van der Waals surface area contributed by atoms with E-state index in [1.807, 2.05) is 0 Å². The van der Waals surface area contributed by atoms with E-state index in [-0.39, 0.29) is 0 Å². The first-order valence-electron chi connectivity index (χ1n) is 8.71. The summed E-state index contributed by atoms with van der Waals surface area (Å²) in [4.78, 5) is 2.63. The van der Waals surface area contributed by atoms with Gasteiger partial charge in [0.05, 0.1) is 0 Å². The minimum atomic E-state index is 0.784. The monoisotopic (exact) mass is 266 g/mol. The van der Waals surface area contributed by atoms with Gasteiger partial charge >= 0.3 is 0 Å². The van der Waals surface area contributed by atoms with Gasteiger partial charge in [-0.1, -0.05) is 32.6 Å². The summed E-state index contributed by atoms with van der Waals surface area (Å²) < 4.78 is 0. The Kier molecular flexibility index (Phi) is 6.66. The van der Waals surface area contributed by atoms with E-state index in [2.05, 4.69) is 24.2 Å². The molecule has 0 aromatic carbocycles. The van der Waals surface area contributed by atoms with Crippen molar-refractivity contribution >= 4 is 0 Å². The van der Waals surface area contributed by atoms with Gasteiger partial charge in [0, 0.05) is 19.1 Å². The summed E-state index contributed by atoms with van der Waals surface area (Å²) in [7, 11) is 2.35. The van der Waals surface area contributed by atoms with Gasteiger partial charge in [-0.15, -0.1) is 0 Å². The van der Waals surface area contributed by atoms with Gasteiger partial charge < -0.3 is 10.2 Å². The van der Waals surface area contributed by atoms with E-state index < -0.39 is 0 Å². The third kappa shape index (κ3) is 5.07. The Hall–Kier alpha value is -0.0800. The lowest BCUT2D eigenvalue weighted by molar-refractivity contribution is 0.166. The fourth-order valence-electron chi connectivity index (χ4n) is 3.79. The molecule has 2 saturated carbocycles. The first kappa shape index (κ1) is 15.3.